The third-order valence-electron chi connectivity index (χ3n) is 4.50. The van der Waals surface area contributed by atoms with Crippen LogP contribution in [0.1, 0.15) is 36.1 Å². The zero-order valence-electron chi connectivity index (χ0n) is 12.1. The molecule has 2 heterocycles. The number of alkyl halides is 3. The number of fused-ring (bicyclic) bond motifs is 1. The van der Waals surface area contributed by atoms with E-state index in [2.05, 4.69) is 4.98 Å². The fourth-order valence-electron chi connectivity index (χ4n) is 3.27. The first-order valence-corrected chi connectivity index (χ1v) is 7.44. The lowest BCUT2D eigenvalue weighted by molar-refractivity contribution is -0.137. The van der Waals surface area contributed by atoms with Crippen LogP contribution in [0.5, 0.6) is 0 Å². The Bertz CT molecular complexity index is 588. The molecule has 7 heteroatoms. The molecule has 1 aliphatic carbocycles. The fourth-order valence-corrected chi connectivity index (χ4v) is 3.27. The van der Waals surface area contributed by atoms with Crippen molar-refractivity contribution < 1.29 is 18.0 Å². The highest BCUT2D eigenvalue weighted by Crippen LogP contribution is 2.32. The molecule has 2 aliphatic rings. The Kier molecular flexibility index (Phi) is 3.84. The standard InChI is InChI=1S/C15H18F3N3O/c16-15(17,18)11-5-10-8-21(4-3-13(10)20-7-11)14(22)9-1-2-12(19)6-9/h5,7,9,12H,1-4,6,8,19H2. The quantitative estimate of drug-likeness (QED) is 0.864. The maximum atomic E-state index is 12.8. The summed E-state index contributed by atoms with van der Waals surface area (Å²) in [6.07, 6.45) is -0.773. The van der Waals surface area contributed by atoms with Crippen molar-refractivity contribution in [1.29, 1.82) is 0 Å². The van der Waals surface area contributed by atoms with Gasteiger partial charge in [0.15, 0.2) is 0 Å². The monoisotopic (exact) mass is 313 g/mol. The number of halogens is 3. The van der Waals surface area contributed by atoms with Crippen molar-refractivity contribution in [3.05, 3.63) is 29.1 Å². The van der Waals surface area contributed by atoms with Gasteiger partial charge in [-0.15, -0.1) is 0 Å². The molecule has 120 valence electrons. The van der Waals surface area contributed by atoms with Gasteiger partial charge in [0, 0.05) is 43.4 Å². The Hall–Kier alpha value is -1.63. The van der Waals surface area contributed by atoms with Crippen molar-refractivity contribution in [2.75, 3.05) is 6.54 Å². The van der Waals surface area contributed by atoms with Crippen LogP contribution in [0.3, 0.4) is 0 Å². The number of amides is 1. The minimum absolute atomic E-state index is 0.0102. The van der Waals surface area contributed by atoms with Crippen molar-refractivity contribution >= 4 is 5.91 Å². The number of carbonyl (C=O) groups excluding carboxylic acids is 1. The van der Waals surface area contributed by atoms with Crippen molar-refractivity contribution in [3.63, 3.8) is 0 Å². The average Bonchev–Trinajstić information content (AvgIpc) is 2.91. The number of carbonyl (C=O) groups is 1. The van der Waals surface area contributed by atoms with E-state index in [4.69, 9.17) is 5.73 Å². The zero-order valence-corrected chi connectivity index (χ0v) is 12.1. The van der Waals surface area contributed by atoms with E-state index in [0.717, 1.165) is 25.1 Å². The number of nitrogens with two attached hydrogens (primary N) is 1. The summed E-state index contributed by atoms with van der Waals surface area (Å²) < 4.78 is 38.3. The molecule has 2 N–H and O–H groups in total. The second kappa shape index (κ2) is 5.53. The molecule has 1 fully saturated rings. The second-order valence-corrected chi connectivity index (χ2v) is 6.11. The molecule has 22 heavy (non-hydrogen) atoms. The second-order valence-electron chi connectivity index (χ2n) is 6.11. The van der Waals surface area contributed by atoms with Gasteiger partial charge in [0.2, 0.25) is 5.91 Å². The molecule has 2 unspecified atom stereocenters. The molecule has 1 saturated carbocycles. The number of hydrogen-bond acceptors (Lipinski definition) is 3. The molecule has 0 spiro atoms. The first-order valence-electron chi connectivity index (χ1n) is 7.44. The molecule has 1 aliphatic heterocycles. The van der Waals surface area contributed by atoms with Crippen molar-refractivity contribution in [2.24, 2.45) is 11.7 Å². The van der Waals surface area contributed by atoms with Gasteiger partial charge in [0.05, 0.1) is 5.56 Å². The van der Waals surface area contributed by atoms with Gasteiger partial charge in [-0.05, 0) is 30.9 Å². The van der Waals surface area contributed by atoms with Gasteiger partial charge in [0.1, 0.15) is 0 Å². The number of hydrogen-bond donors (Lipinski definition) is 1. The van der Waals surface area contributed by atoms with Gasteiger partial charge in [0.25, 0.3) is 0 Å². The van der Waals surface area contributed by atoms with Crippen molar-refractivity contribution in [3.8, 4) is 0 Å². The van der Waals surface area contributed by atoms with E-state index in [1.807, 2.05) is 0 Å². The number of nitrogens with zero attached hydrogens (tertiary/aromatic N) is 2. The molecule has 1 aromatic heterocycles. The van der Waals surface area contributed by atoms with Crippen LogP contribution in [0.2, 0.25) is 0 Å². The minimum Gasteiger partial charge on any atom is -0.338 e. The summed E-state index contributed by atoms with van der Waals surface area (Å²) in [5, 5.41) is 0. The molecular weight excluding hydrogens is 295 g/mol. The van der Waals surface area contributed by atoms with E-state index in [9.17, 15) is 18.0 Å². The van der Waals surface area contributed by atoms with E-state index in [1.165, 1.54) is 0 Å². The van der Waals surface area contributed by atoms with Crippen molar-refractivity contribution in [2.45, 2.75) is 44.4 Å². The van der Waals surface area contributed by atoms with Crippen LogP contribution in [0.25, 0.3) is 0 Å². The highest BCUT2D eigenvalue weighted by atomic mass is 19.4. The summed E-state index contributed by atoms with van der Waals surface area (Å²) in [5.41, 5.74) is 6.22. The Labute approximate surface area is 126 Å². The Balaban J connectivity index is 1.76. The Morgan fingerprint density at radius 3 is 2.77 bits per heavy atom. The molecule has 1 aromatic rings. The minimum atomic E-state index is -4.41. The van der Waals surface area contributed by atoms with E-state index in [1.54, 1.807) is 4.90 Å². The van der Waals surface area contributed by atoms with Crippen LogP contribution < -0.4 is 5.73 Å². The van der Waals surface area contributed by atoms with Crippen LogP contribution in [0, 0.1) is 5.92 Å². The van der Waals surface area contributed by atoms with Crippen LogP contribution >= 0.6 is 0 Å². The lowest BCUT2D eigenvalue weighted by Crippen LogP contribution is -2.40. The third kappa shape index (κ3) is 2.95. The summed E-state index contributed by atoms with van der Waals surface area (Å²) in [4.78, 5) is 18.0. The molecule has 0 aromatic carbocycles. The van der Waals surface area contributed by atoms with Crippen LogP contribution in [-0.2, 0) is 23.9 Å². The molecule has 1 amide bonds. The van der Waals surface area contributed by atoms with E-state index < -0.39 is 11.7 Å². The maximum absolute atomic E-state index is 12.8. The zero-order chi connectivity index (χ0) is 15.9. The molecule has 3 rings (SSSR count). The van der Waals surface area contributed by atoms with Crippen LogP contribution in [0.15, 0.2) is 12.3 Å². The van der Waals surface area contributed by atoms with E-state index in [0.29, 0.717) is 30.6 Å². The van der Waals surface area contributed by atoms with Gasteiger partial charge in [-0.2, -0.15) is 13.2 Å². The van der Waals surface area contributed by atoms with Gasteiger partial charge >= 0.3 is 6.18 Å². The molecule has 2 atom stereocenters. The Morgan fingerprint density at radius 2 is 2.14 bits per heavy atom. The van der Waals surface area contributed by atoms with E-state index >= 15 is 0 Å². The SMILES string of the molecule is NC1CCC(C(=O)N2CCc3ncc(C(F)(F)F)cc3C2)C1. The largest absolute Gasteiger partial charge is 0.417 e. The summed E-state index contributed by atoms with van der Waals surface area (Å²) in [6.45, 7) is 0.715. The predicted molar refractivity (Wildman–Crippen MR) is 73.7 cm³/mol. The molecule has 4 nitrogen and oxygen atoms in total. The summed E-state index contributed by atoms with van der Waals surface area (Å²) in [7, 11) is 0. The van der Waals surface area contributed by atoms with Crippen molar-refractivity contribution in [1.82, 2.24) is 9.88 Å². The summed E-state index contributed by atoms with van der Waals surface area (Å²) in [6, 6.07) is 1.17. The lowest BCUT2D eigenvalue weighted by atomic mass is 10.00. The topological polar surface area (TPSA) is 59.2 Å². The summed E-state index contributed by atoms with van der Waals surface area (Å²) >= 11 is 0. The summed E-state index contributed by atoms with van der Waals surface area (Å²) in [5.74, 6) is -0.0775. The van der Waals surface area contributed by atoms with Gasteiger partial charge in [-0.1, -0.05) is 0 Å². The van der Waals surface area contributed by atoms with Crippen LogP contribution in [0.4, 0.5) is 13.2 Å². The van der Waals surface area contributed by atoms with Crippen LogP contribution in [-0.4, -0.2) is 28.4 Å². The fraction of sp³-hybridized carbons (Fsp3) is 0.600. The first kappa shape index (κ1) is 15.3. The smallest absolute Gasteiger partial charge is 0.338 e. The molecule has 0 radical (unpaired) electrons. The predicted octanol–water partition coefficient (Wildman–Crippen LogP) is 2.11. The first-order chi connectivity index (χ1) is 10.3. The average molecular weight is 313 g/mol. The number of aromatic nitrogens is 1. The highest BCUT2D eigenvalue weighted by Gasteiger charge is 2.35. The van der Waals surface area contributed by atoms with E-state index in [-0.39, 0.29) is 24.4 Å². The number of pyridine rings is 1. The molecule has 0 saturated heterocycles. The Morgan fingerprint density at radius 1 is 1.36 bits per heavy atom. The van der Waals surface area contributed by atoms with Gasteiger partial charge < -0.3 is 10.6 Å². The third-order valence-corrected chi connectivity index (χ3v) is 4.50. The highest BCUT2D eigenvalue weighted by molar-refractivity contribution is 5.79. The lowest BCUT2D eigenvalue weighted by Gasteiger charge is -2.30. The van der Waals surface area contributed by atoms with Gasteiger partial charge in [-0.3, -0.25) is 9.78 Å². The molecular formula is C15H18F3N3O. The number of rotatable bonds is 1. The molecule has 0 bridgehead atoms. The maximum Gasteiger partial charge on any atom is 0.417 e. The normalized spacial score (nSPS) is 25.2. The van der Waals surface area contributed by atoms with Gasteiger partial charge in [-0.25, -0.2) is 0 Å².